The van der Waals surface area contributed by atoms with E-state index in [4.69, 9.17) is 10.4 Å². The first-order chi connectivity index (χ1) is 9.16. The Balaban J connectivity index is 2.80. The fourth-order valence-electron chi connectivity index (χ4n) is 1.33. The summed E-state index contributed by atoms with van der Waals surface area (Å²) in [6.45, 7) is 0.752. The molecule has 0 radical (unpaired) electrons. The molecule has 20 heavy (non-hydrogen) atoms. The van der Waals surface area contributed by atoms with Gasteiger partial charge in [0.1, 0.15) is 16.7 Å². The Kier molecular flexibility index (Phi) is 4.78. The zero-order chi connectivity index (χ0) is 15.4. The highest BCUT2D eigenvalue weighted by Crippen LogP contribution is 2.11. The molecular weight excluding hydrogens is 286 g/mol. The lowest BCUT2D eigenvalue weighted by molar-refractivity contribution is -0.141. The summed E-state index contributed by atoms with van der Waals surface area (Å²) in [5, 5.41) is 26.8. The maximum Gasteiger partial charge on any atom is 0.306 e. The van der Waals surface area contributed by atoms with E-state index in [-0.39, 0.29) is 10.6 Å². The van der Waals surface area contributed by atoms with Crippen LogP contribution in [-0.4, -0.2) is 41.7 Å². The van der Waals surface area contributed by atoms with Crippen LogP contribution in [0.5, 0.6) is 0 Å². The lowest BCUT2D eigenvalue weighted by Gasteiger charge is -2.21. The summed E-state index contributed by atoms with van der Waals surface area (Å²) in [7, 11) is -3.93. The molecule has 0 aliphatic carbocycles. The van der Waals surface area contributed by atoms with Crippen molar-refractivity contribution in [3.05, 3.63) is 24.0 Å². The number of carbonyl (C=O) groups is 1. The highest BCUT2D eigenvalue weighted by Gasteiger charge is 2.27. The quantitative estimate of drug-likeness (QED) is 0.640. The summed E-state index contributed by atoms with van der Waals surface area (Å²) >= 11 is 0. The smallest absolute Gasteiger partial charge is 0.306 e. The molecule has 1 aromatic heterocycles. The summed E-state index contributed by atoms with van der Waals surface area (Å²) in [6.07, 6.45) is 0.411. The Morgan fingerprint density at radius 1 is 1.55 bits per heavy atom. The Morgan fingerprint density at radius 2 is 2.20 bits per heavy atom. The van der Waals surface area contributed by atoms with Gasteiger partial charge in [0.15, 0.2) is 0 Å². The maximum absolute atomic E-state index is 11.9. The van der Waals surface area contributed by atoms with Crippen molar-refractivity contribution in [3.8, 4) is 6.07 Å². The SMILES string of the molecule is CC(O)(CNS(=O)(=O)c1ccc(C#N)nc1)CC(=O)O. The van der Waals surface area contributed by atoms with E-state index in [0.29, 0.717) is 0 Å². The van der Waals surface area contributed by atoms with Crippen LogP contribution in [0, 0.1) is 11.3 Å². The maximum atomic E-state index is 11.9. The largest absolute Gasteiger partial charge is 0.481 e. The molecule has 0 fully saturated rings. The van der Waals surface area contributed by atoms with Gasteiger partial charge in [-0.25, -0.2) is 18.1 Å². The van der Waals surface area contributed by atoms with Crippen molar-refractivity contribution >= 4 is 16.0 Å². The molecule has 0 amide bonds. The standard InChI is InChI=1S/C11H13N3O5S/c1-11(17,4-10(15)16)7-14-20(18,19)9-3-2-8(5-12)13-6-9/h2-3,6,14,17H,4,7H2,1H3,(H,15,16). The Labute approximate surface area is 115 Å². The highest BCUT2D eigenvalue weighted by molar-refractivity contribution is 7.89. The number of aliphatic carboxylic acids is 1. The Hall–Kier alpha value is -2.02. The number of sulfonamides is 1. The van der Waals surface area contributed by atoms with Crippen LogP contribution >= 0.6 is 0 Å². The van der Waals surface area contributed by atoms with E-state index < -0.39 is 34.6 Å². The summed E-state index contributed by atoms with van der Waals surface area (Å²) in [4.78, 5) is 13.9. The summed E-state index contributed by atoms with van der Waals surface area (Å²) in [5.74, 6) is -1.24. The van der Waals surface area contributed by atoms with E-state index in [0.717, 1.165) is 6.20 Å². The van der Waals surface area contributed by atoms with E-state index in [1.807, 2.05) is 0 Å². The fourth-order valence-corrected chi connectivity index (χ4v) is 2.43. The molecule has 1 atom stereocenters. The second kappa shape index (κ2) is 5.96. The normalized spacial score (nSPS) is 14.2. The van der Waals surface area contributed by atoms with E-state index in [9.17, 15) is 18.3 Å². The molecule has 0 aliphatic heterocycles. The topological polar surface area (TPSA) is 140 Å². The van der Waals surface area contributed by atoms with Crippen LogP contribution in [0.4, 0.5) is 0 Å². The number of carboxylic acids is 1. The molecule has 0 saturated heterocycles. The van der Waals surface area contributed by atoms with Crippen LogP contribution in [0.2, 0.25) is 0 Å². The van der Waals surface area contributed by atoms with Crippen LogP contribution in [0.15, 0.2) is 23.2 Å². The second-order valence-corrected chi connectivity index (χ2v) is 6.15. The molecule has 1 unspecified atom stereocenters. The van der Waals surface area contributed by atoms with Gasteiger partial charge < -0.3 is 10.2 Å². The molecule has 0 aromatic carbocycles. The van der Waals surface area contributed by atoms with Crippen molar-refractivity contribution in [2.45, 2.75) is 23.8 Å². The molecule has 0 saturated carbocycles. The van der Waals surface area contributed by atoms with Crippen molar-refractivity contribution in [2.24, 2.45) is 0 Å². The number of rotatable bonds is 6. The minimum Gasteiger partial charge on any atom is -0.481 e. The van der Waals surface area contributed by atoms with Crippen molar-refractivity contribution in [1.29, 1.82) is 5.26 Å². The van der Waals surface area contributed by atoms with Crippen LogP contribution in [-0.2, 0) is 14.8 Å². The molecular formula is C11H13N3O5S. The summed E-state index contributed by atoms with van der Waals surface area (Å²) in [6, 6.07) is 4.19. The number of hydrogen-bond donors (Lipinski definition) is 3. The molecule has 1 rings (SSSR count). The zero-order valence-corrected chi connectivity index (χ0v) is 11.4. The van der Waals surface area contributed by atoms with Gasteiger partial charge in [0.2, 0.25) is 10.0 Å². The number of nitriles is 1. The zero-order valence-electron chi connectivity index (χ0n) is 10.6. The highest BCUT2D eigenvalue weighted by atomic mass is 32.2. The lowest BCUT2D eigenvalue weighted by atomic mass is 10.0. The van der Waals surface area contributed by atoms with Crippen LogP contribution in [0.25, 0.3) is 0 Å². The van der Waals surface area contributed by atoms with Gasteiger partial charge in [-0.15, -0.1) is 0 Å². The fraction of sp³-hybridized carbons (Fsp3) is 0.364. The third-order valence-corrected chi connectivity index (χ3v) is 3.72. The molecule has 108 valence electrons. The van der Waals surface area contributed by atoms with Gasteiger partial charge >= 0.3 is 5.97 Å². The van der Waals surface area contributed by atoms with Gasteiger partial charge in [0.25, 0.3) is 0 Å². The molecule has 8 nitrogen and oxygen atoms in total. The van der Waals surface area contributed by atoms with Crippen molar-refractivity contribution in [2.75, 3.05) is 6.54 Å². The van der Waals surface area contributed by atoms with Gasteiger partial charge in [-0.05, 0) is 19.1 Å². The first-order valence-corrected chi connectivity index (χ1v) is 6.95. The van der Waals surface area contributed by atoms with Crippen LogP contribution in [0.3, 0.4) is 0 Å². The number of nitrogens with one attached hydrogen (secondary N) is 1. The van der Waals surface area contributed by atoms with Crippen LogP contribution in [0.1, 0.15) is 19.0 Å². The average molecular weight is 299 g/mol. The Morgan fingerprint density at radius 3 is 2.65 bits per heavy atom. The number of nitrogens with zero attached hydrogens (tertiary/aromatic N) is 2. The Bertz CT molecular complexity index is 631. The second-order valence-electron chi connectivity index (χ2n) is 4.38. The third-order valence-electron chi connectivity index (χ3n) is 2.34. The molecule has 1 aromatic rings. The number of hydrogen-bond acceptors (Lipinski definition) is 6. The molecule has 0 aliphatic rings. The monoisotopic (exact) mass is 299 g/mol. The van der Waals surface area contributed by atoms with Gasteiger partial charge in [0.05, 0.1) is 12.0 Å². The van der Waals surface area contributed by atoms with Crippen molar-refractivity contribution < 1.29 is 23.4 Å². The first kappa shape index (κ1) is 16.0. The average Bonchev–Trinajstić information content (AvgIpc) is 2.35. The van der Waals surface area contributed by atoms with E-state index in [1.54, 1.807) is 6.07 Å². The summed E-state index contributed by atoms with van der Waals surface area (Å²) in [5.41, 5.74) is -1.64. The minimum atomic E-state index is -3.93. The minimum absolute atomic E-state index is 0.0711. The number of aliphatic hydroxyl groups is 1. The van der Waals surface area contributed by atoms with Crippen molar-refractivity contribution in [1.82, 2.24) is 9.71 Å². The molecule has 0 bridgehead atoms. The van der Waals surface area contributed by atoms with Crippen molar-refractivity contribution in [3.63, 3.8) is 0 Å². The van der Waals surface area contributed by atoms with Gasteiger partial charge in [-0.1, -0.05) is 0 Å². The number of pyridine rings is 1. The van der Waals surface area contributed by atoms with Gasteiger partial charge in [0, 0.05) is 12.7 Å². The predicted molar refractivity (Wildman–Crippen MR) is 67.0 cm³/mol. The van der Waals surface area contributed by atoms with Crippen LogP contribution < -0.4 is 4.72 Å². The number of aromatic nitrogens is 1. The van der Waals surface area contributed by atoms with Gasteiger partial charge in [-0.3, -0.25) is 4.79 Å². The van der Waals surface area contributed by atoms with E-state index in [1.165, 1.54) is 19.1 Å². The molecule has 3 N–H and O–H groups in total. The lowest BCUT2D eigenvalue weighted by Crippen LogP contribution is -2.42. The predicted octanol–water partition coefficient (Wildman–Crippen LogP) is -0.543. The molecule has 9 heteroatoms. The first-order valence-electron chi connectivity index (χ1n) is 5.46. The summed E-state index contributed by atoms with van der Waals surface area (Å²) < 4.78 is 25.8. The molecule has 0 spiro atoms. The van der Waals surface area contributed by atoms with E-state index >= 15 is 0 Å². The van der Waals surface area contributed by atoms with E-state index in [2.05, 4.69) is 9.71 Å². The molecule has 1 heterocycles. The number of carboxylic acid groups (broad SMARTS) is 1. The third kappa shape index (κ3) is 4.58. The van der Waals surface area contributed by atoms with Gasteiger partial charge in [-0.2, -0.15) is 5.26 Å².